The van der Waals surface area contributed by atoms with Crippen molar-refractivity contribution in [3.8, 4) is 0 Å². The van der Waals surface area contributed by atoms with Gasteiger partial charge in [-0.15, -0.1) is 0 Å². The second-order valence-corrected chi connectivity index (χ2v) is 19.2. The third kappa shape index (κ3) is 9.77. The number of hydrogen-bond acceptors (Lipinski definition) is 10. The van der Waals surface area contributed by atoms with Crippen molar-refractivity contribution >= 4 is 83.9 Å². The third-order valence-corrected chi connectivity index (χ3v) is 15.2. The first-order valence-electron chi connectivity index (χ1n) is 22.2. The fourth-order valence-corrected chi connectivity index (χ4v) is 10.3. The summed E-state index contributed by atoms with van der Waals surface area (Å²) in [6, 6.07) is 22.6. The van der Waals surface area contributed by atoms with Gasteiger partial charge in [-0.2, -0.15) is 0 Å². The first kappa shape index (κ1) is 47.4. The molecule has 0 spiro atoms. The molecule has 6 N–H and O–H groups in total. The molecule has 0 radical (unpaired) electrons. The Morgan fingerprint density at radius 2 is 0.986 bits per heavy atom. The van der Waals surface area contributed by atoms with Crippen molar-refractivity contribution in [3.63, 3.8) is 0 Å². The number of aromatic nitrogens is 6. The van der Waals surface area contributed by atoms with Crippen molar-refractivity contribution in [1.29, 1.82) is 0 Å². The molecule has 0 fully saturated rings. The number of hydrogen-bond donors (Lipinski definition) is 6. The van der Waals surface area contributed by atoms with Crippen LogP contribution in [0.25, 0.3) is 16.7 Å². The van der Waals surface area contributed by atoms with Gasteiger partial charge in [-0.3, -0.25) is 44.1 Å². The lowest BCUT2D eigenvalue weighted by atomic mass is 9.88. The number of H-pyrrole nitrogens is 2. The van der Waals surface area contributed by atoms with E-state index in [-0.39, 0.29) is 51.4 Å². The Balaban J connectivity index is 1.36. The van der Waals surface area contributed by atoms with Gasteiger partial charge in [-0.1, -0.05) is 31.9 Å². The van der Waals surface area contributed by atoms with E-state index in [0.29, 0.717) is 95.4 Å². The van der Waals surface area contributed by atoms with Crippen molar-refractivity contribution in [3.05, 3.63) is 195 Å². The summed E-state index contributed by atoms with van der Waals surface area (Å²) in [5, 5.41) is 39.5. The average molecular weight is 1070 g/mol. The monoisotopic (exact) mass is 1060 g/mol. The molecule has 0 aromatic carbocycles. The topological polar surface area (TPSA) is 257 Å². The molecular weight excluding hydrogens is 1020 g/mol. The van der Waals surface area contributed by atoms with Crippen LogP contribution >= 0.6 is 31.9 Å². The molecule has 0 amide bonds. The number of aliphatic carboxylic acids is 4. The van der Waals surface area contributed by atoms with Crippen LogP contribution in [0, 0.1) is 0 Å². The van der Waals surface area contributed by atoms with Gasteiger partial charge in [-0.05, 0) is 119 Å². The summed E-state index contributed by atoms with van der Waals surface area (Å²) in [4.78, 5) is 82.9. The van der Waals surface area contributed by atoms with E-state index < -0.39 is 32.6 Å². The van der Waals surface area contributed by atoms with Crippen LogP contribution in [0.15, 0.2) is 138 Å². The van der Waals surface area contributed by atoms with Crippen LogP contribution in [-0.2, 0) is 49.2 Å². The number of nitrogens with one attached hydrogen (secondary N) is 2. The quantitative estimate of drug-likeness (QED) is 0.0442. The Kier molecular flexibility index (Phi) is 13.3. The molecule has 9 rings (SSSR count). The molecule has 18 heteroatoms. The highest BCUT2D eigenvalue weighted by Crippen LogP contribution is 2.55. The predicted octanol–water partition coefficient (Wildman–Crippen LogP) is 6.61. The van der Waals surface area contributed by atoms with Gasteiger partial charge in [0.15, 0.2) is 4.45 Å². The molecule has 9 heterocycles. The predicted molar refractivity (Wildman–Crippen MR) is 267 cm³/mol. The lowest BCUT2D eigenvalue weighted by Crippen LogP contribution is -2.40. The summed E-state index contributed by atoms with van der Waals surface area (Å²) in [6.45, 7) is 0. The van der Waals surface area contributed by atoms with Crippen LogP contribution in [-0.4, -0.2) is 90.1 Å². The Morgan fingerprint density at radius 3 is 1.50 bits per heavy atom. The number of alkyl halides is 2. The zero-order valence-corrected chi connectivity index (χ0v) is 40.2. The number of carboxylic acid groups (broad SMARTS) is 4. The molecule has 70 heavy (non-hydrogen) atoms. The first-order chi connectivity index (χ1) is 33.7. The molecule has 0 saturated heterocycles. The minimum Gasteiger partial charge on any atom is -0.481 e. The fourth-order valence-electron chi connectivity index (χ4n) is 8.79. The van der Waals surface area contributed by atoms with E-state index in [1.807, 2.05) is 97.1 Å². The fraction of sp³-hybridized carbons (Fsp3) is 0.192. The lowest BCUT2D eigenvalue weighted by molar-refractivity contribution is -0.138. The van der Waals surface area contributed by atoms with E-state index in [2.05, 4.69) is 61.8 Å². The standard InChI is InChI=1S/C52H42Br2N8O8/c53-51-20-15-42(62-51)50(31-18-23-57-35(27-31)3-13-46(67)68)40-8-7-38(60-40)48(29-16-21-55-33(25-29)1-11-44(63)64)37-5-6-39(59-37)49(30-17-22-56-34(26-30)2-12-45(65)66)41-9-10-43(61-41)52(51,54)32-19-24-58-36(28-32)4-14-47(69)70/h5-10,15-28,60-61H,1-4,11-14H2,(H,63,64)(H,65,66)(H,67,68)(H,69,70). The summed E-state index contributed by atoms with van der Waals surface area (Å²) in [5.41, 5.74) is 10.2. The summed E-state index contributed by atoms with van der Waals surface area (Å²) >= 11 is 8.33. The van der Waals surface area contributed by atoms with Gasteiger partial charge in [-0.25, -0.2) is 4.99 Å². The van der Waals surface area contributed by atoms with Crippen LogP contribution < -0.4 is 10.7 Å². The molecule has 3 aliphatic rings. The SMILES string of the molecule is O=C(O)CCc1cc(C2=C3C=CC(=N3)C(c3ccnc(CCC(=O)O)c3)=c3ccc([nH]3)=C(c3ccnc(CCC(=O)O)c3)C3=NC(Br)(C=C3)C(Br)(c3ccnc(CCC(=O)O)c3)c3ccc2[nH]3)ccn1. The maximum absolute atomic E-state index is 11.7. The normalized spacial score (nSPS) is 18.3. The number of carbonyl (C=O) groups is 4. The second-order valence-electron chi connectivity index (χ2n) is 16.8. The lowest BCUT2D eigenvalue weighted by Gasteiger charge is -2.38. The molecule has 2 atom stereocenters. The number of aliphatic imine (C=N–C) groups is 2. The summed E-state index contributed by atoms with van der Waals surface area (Å²) in [7, 11) is 0. The molecule has 352 valence electrons. The van der Waals surface area contributed by atoms with Crippen molar-refractivity contribution in [2.24, 2.45) is 9.98 Å². The summed E-state index contributed by atoms with van der Waals surface area (Å²) < 4.78 is -2.53. The Morgan fingerprint density at radius 1 is 0.514 bits per heavy atom. The minimum absolute atomic E-state index is 0.111. The molecule has 2 unspecified atom stereocenters. The van der Waals surface area contributed by atoms with Gasteiger partial charge >= 0.3 is 23.9 Å². The van der Waals surface area contributed by atoms with Gasteiger partial charge in [0.2, 0.25) is 0 Å². The molecular formula is C52H42Br2N8O8. The first-order valence-corrected chi connectivity index (χ1v) is 23.8. The molecule has 3 aliphatic heterocycles. The van der Waals surface area contributed by atoms with E-state index in [0.717, 1.165) is 5.56 Å². The maximum atomic E-state index is 11.7. The zero-order chi connectivity index (χ0) is 49.2. The smallest absolute Gasteiger partial charge is 0.303 e. The number of halogens is 2. The molecule has 0 aliphatic carbocycles. The third-order valence-electron chi connectivity index (χ3n) is 12.1. The number of aromatic amines is 2. The van der Waals surface area contributed by atoms with Gasteiger partial charge < -0.3 is 30.4 Å². The van der Waals surface area contributed by atoms with E-state index in [1.54, 1.807) is 24.8 Å². The van der Waals surface area contributed by atoms with Crippen LogP contribution in [0.5, 0.6) is 0 Å². The van der Waals surface area contributed by atoms with Crippen molar-refractivity contribution in [2.45, 2.75) is 60.1 Å². The number of rotatable bonds is 16. The minimum atomic E-state index is -1.28. The maximum Gasteiger partial charge on any atom is 0.303 e. The average Bonchev–Trinajstić information content (AvgIpc) is 4.19. The number of aryl methyl sites for hydroxylation is 4. The van der Waals surface area contributed by atoms with E-state index in [9.17, 15) is 39.6 Å². The zero-order valence-electron chi connectivity index (χ0n) is 37.1. The largest absolute Gasteiger partial charge is 0.481 e. The van der Waals surface area contributed by atoms with Crippen molar-refractivity contribution < 1.29 is 39.6 Å². The Bertz CT molecular complexity index is 3420. The molecule has 0 saturated carbocycles. The molecule has 8 bridgehead atoms. The summed E-state index contributed by atoms with van der Waals surface area (Å²) in [6.07, 6.45) is 14.5. The van der Waals surface area contributed by atoms with Crippen molar-refractivity contribution in [1.82, 2.24) is 29.9 Å². The number of nitrogens with zero attached hydrogens (tertiary/aromatic N) is 6. The van der Waals surface area contributed by atoms with Crippen LogP contribution in [0.2, 0.25) is 0 Å². The second kappa shape index (κ2) is 19.7. The Hall–Kier alpha value is -7.70. The highest BCUT2D eigenvalue weighted by atomic mass is 79.9. The van der Waals surface area contributed by atoms with E-state index in [4.69, 9.17) is 9.98 Å². The van der Waals surface area contributed by atoms with Crippen molar-refractivity contribution in [2.75, 3.05) is 0 Å². The highest BCUT2D eigenvalue weighted by molar-refractivity contribution is 9.12. The molecule has 16 nitrogen and oxygen atoms in total. The summed E-state index contributed by atoms with van der Waals surface area (Å²) in [5.74, 6) is -3.80. The van der Waals surface area contributed by atoms with Gasteiger partial charge in [0, 0.05) is 112 Å². The molecule has 6 aromatic heterocycles. The van der Waals surface area contributed by atoms with Gasteiger partial charge in [0.25, 0.3) is 0 Å². The van der Waals surface area contributed by atoms with E-state index >= 15 is 0 Å². The van der Waals surface area contributed by atoms with Gasteiger partial charge in [0.1, 0.15) is 4.32 Å². The van der Waals surface area contributed by atoms with Crippen LogP contribution in [0.1, 0.15) is 82.1 Å². The van der Waals surface area contributed by atoms with E-state index in [1.165, 1.54) is 0 Å². The number of carboxylic acids is 4. The number of fused-ring (bicyclic) bond motifs is 6. The van der Waals surface area contributed by atoms with Crippen LogP contribution in [0.3, 0.4) is 0 Å². The Labute approximate surface area is 416 Å². The number of allylic oxidation sites excluding steroid dienone is 3. The highest BCUT2D eigenvalue weighted by Gasteiger charge is 2.53. The van der Waals surface area contributed by atoms with Gasteiger partial charge in [0.05, 0.1) is 42.8 Å². The van der Waals surface area contributed by atoms with Crippen LogP contribution in [0.4, 0.5) is 0 Å². The molecule has 6 aromatic rings. The number of pyridine rings is 4.